The van der Waals surface area contributed by atoms with E-state index in [1.165, 1.54) is 53.2 Å². The molecule has 2 saturated heterocycles. The SMILES string of the molecule is COc1ncc(OC)c2c(C(=O)C(=O)N3CCN(c4ncnc5ccccc45)CC3)c[nH]c12.COc1ncc(OC)c2c(C(=O)C(=O)O)c[nH]c12.c1ccc2c(N3CCNCC3)ncnc2c1. The number of nitrogens with one attached hydrogen (secondary N) is 3. The molecule has 0 atom stereocenters. The minimum Gasteiger partial charge on any atom is -0.494 e. The first-order valence-electron chi connectivity index (χ1n) is 21.0. The first kappa shape index (κ1) is 45.1. The molecule has 344 valence electrons. The van der Waals surface area contributed by atoms with Crippen LogP contribution in [0.25, 0.3) is 43.6 Å². The van der Waals surface area contributed by atoms with Gasteiger partial charge in [-0.1, -0.05) is 24.3 Å². The van der Waals surface area contributed by atoms with E-state index in [2.05, 4.69) is 61.1 Å². The number of piperazine rings is 2. The van der Waals surface area contributed by atoms with Gasteiger partial charge in [0.2, 0.25) is 11.8 Å². The second-order valence-corrected chi connectivity index (χ2v) is 15.0. The Bertz CT molecular complexity index is 3100. The van der Waals surface area contributed by atoms with Crippen LogP contribution in [0, 0.1) is 0 Å². The Kier molecular flexibility index (Phi) is 13.6. The van der Waals surface area contributed by atoms with Crippen molar-refractivity contribution in [1.29, 1.82) is 0 Å². The van der Waals surface area contributed by atoms with E-state index >= 15 is 0 Å². The molecule has 21 heteroatoms. The first-order chi connectivity index (χ1) is 32.7. The Hall–Kier alpha value is -8.46. The fourth-order valence-electron chi connectivity index (χ4n) is 8.02. The fourth-order valence-corrected chi connectivity index (χ4v) is 8.02. The maximum Gasteiger partial charge on any atom is 0.377 e. The zero-order valence-corrected chi connectivity index (χ0v) is 37.0. The summed E-state index contributed by atoms with van der Waals surface area (Å²) in [6.07, 6.45) is 8.84. The average molecular weight is 911 g/mol. The molecule has 0 radical (unpaired) electrons. The summed E-state index contributed by atoms with van der Waals surface area (Å²) in [6.45, 7) is 6.03. The van der Waals surface area contributed by atoms with Crippen molar-refractivity contribution in [3.63, 3.8) is 0 Å². The molecule has 0 spiro atoms. The highest BCUT2D eigenvalue weighted by Crippen LogP contribution is 2.35. The summed E-state index contributed by atoms with van der Waals surface area (Å²) in [7, 11) is 5.81. The number of rotatable bonds is 10. The molecule has 10 rings (SSSR count). The number of benzene rings is 2. The molecule has 0 saturated carbocycles. The normalized spacial score (nSPS) is 13.6. The molecule has 2 aliphatic heterocycles. The Balaban J connectivity index is 0.000000150. The third kappa shape index (κ3) is 9.12. The van der Waals surface area contributed by atoms with Crippen molar-refractivity contribution in [2.45, 2.75) is 0 Å². The minimum absolute atomic E-state index is 0.00931. The highest BCUT2D eigenvalue weighted by molar-refractivity contribution is 6.45. The number of carboxylic acids is 1. The predicted octanol–water partition coefficient (Wildman–Crippen LogP) is 3.94. The van der Waals surface area contributed by atoms with E-state index in [0.717, 1.165) is 59.6 Å². The number of pyridine rings is 2. The van der Waals surface area contributed by atoms with E-state index in [1.54, 1.807) is 17.6 Å². The minimum atomic E-state index is -1.53. The number of fused-ring (bicyclic) bond motifs is 4. The van der Waals surface area contributed by atoms with Gasteiger partial charge in [-0.2, -0.15) is 0 Å². The van der Waals surface area contributed by atoms with E-state index in [-0.39, 0.29) is 17.0 Å². The molecule has 0 unspecified atom stereocenters. The number of nitrogens with zero attached hydrogens (tertiary/aromatic N) is 9. The lowest BCUT2D eigenvalue weighted by atomic mass is 10.1. The summed E-state index contributed by atoms with van der Waals surface area (Å²) >= 11 is 0. The van der Waals surface area contributed by atoms with Gasteiger partial charge in [0.05, 0.1) is 73.8 Å². The summed E-state index contributed by atoms with van der Waals surface area (Å²) in [5.41, 5.74) is 3.06. The largest absolute Gasteiger partial charge is 0.494 e. The highest BCUT2D eigenvalue weighted by atomic mass is 16.5. The Morgan fingerprint density at radius 2 is 1.03 bits per heavy atom. The number of carbonyl (C=O) groups excluding carboxylic acids is 3. The zero-order valence-electron chi connectivity index (χ0n) is 37.0. The smallest absolute Gasteiger partial charge is 0.377 e. The van der Waals surface area contributed by atoms with E-state index in [0.29, 0.717) is 65.4 Å². The van der Waals surface area contributed by atoms with Gasteiger partial charge in [0.25, 0.3) is 17.5 Å². The van der Waals surface area contributed by atoms with E-state index in [9.17, 15) is 19.2 Å². The number of aliphatic carboxylic acids is 1. The second kappa shape index (κ2) is 20.2. The molecule has 2 aliphatic rings. The number of para-hydroxylation sites is 2. The first-order valence-corrected chi connectivity index (χ1v) is 21.0. The summed E-state index contributed by atoms with van der Waals surface area (Å²) in [5.74, 6) is -0.540. The number of anilines is 2. The van der Waals surface area contributed by atoms with Gasteiger partial charge >= 0.3 is 5.97 Å². The molecule has 4 N–H and O–H groups in total. The number of H-pyrrole nitrogens is 2. The number of carbonyl (C=O) groups is 4. The van der Waals surface area contributed by atoms with Gasteiger partial charge in [-0.15, -0.1) is 0 Å². The van der Waals surface area contributed by atoms with Crippen molar-refractivity contribution < 1.29 is 43.2 Å². The molecule has 0 aliphatic carbocycles. The average Bonchev–Trinajstić information content (AvgIpc) is 4.04. The van der Waals surface area contributed by atoms with Crippen molar-refractivity contribution in [3.05, 3.63) is 97.1 Å². The van der Waals surface area contributed by atoms with Gasteiger partial charge < -0.3 is 54.0 Å². The Labute approximate surface area is 382 Å². The van der Waals surface area contributed by atoms with Crippen molar-refractivity contribution in [2.24, 2.45) is 0 Å². The van der Waals surface area contributed by atoms with Crippen LogP contribution in [0.5, 0.6) is 23.3 Å². The number of ketones is 2. The van der Waals surface area contributed by atoms with Crippen LogP contribution in [0.15, 0.2) is 86.0 Å². The molecule has 8 heterocycles. The van der Waals surface area contributed by atoms with E-state index in [1.807, 2.05) is 42.5 Å². The molecule has 67 heavy (non-hydrogen) atoms. The summed E-state index contributed by atoms with van der Waals surface area (Å²) in [4.78, 5) is 85.9. The quantitative estimate of drug-likeness (QED) is 0.112. The molecule has 2 aromatic carbocycles. The van der Waals surface area contributed by atoms with E-state index in [4.69, 9.17) is 24.1 Å². The maximum absolute atomic E-state index is 13.2. The van der Waals surface area contributed by atoms with Gasteiger partial charge in [-0.25, -0.2) is 34.7 Å². The number of aromatic nitrogens is 8. The van der Waals surface area contributed by atoms with Crippen LogP contribution in [0.4, 0.5) is 11.6 Å². The highest BCUT2D eigenvalue weighted by Gasteiger charge is 2.31. The van der Waals surface area contributed by atoms with Crippen LogP contribution in [-0.4, -0.2) is 154 Å². The lowest BCUT2D eigenvalue weighted by molar-refractivity contribution is -0.131. The van der Waals surface area contributed by atoms with Gasteiger partial charge in [0.15, 0.2) is 0 Å². The Morgan fingerprint density at radius 3 is 1.49 bits per heavy atom. The molecule has 8 aromatic rings. The van der Waals surface area contributed by atoms with Crippen molar-refractivity contribution in [1.82, 2.24) is 50.1 Å². The molecule has 21 nitrogen and oxygen atoms in total. The molecule has 1 amide bonds. The Morgan fingerprint density at radius 1 is 0.567 bits per heavy atom. The number of amides is 1. The summed E-state index contributed by atoms with van der Waals surface area (Å²) < 4.78 is 20.7. The van der Waals surface area contributed by atoms with Crippen molar-refractivity contribution >= 4 is 78.7 Å². The summed E-state index contributed by atoms with van der Waals surface area (Å²) in [5, 5.41) is 15.0. The maximum atomic E-state index is 13.2. The number of hydrogen-bond acceptors (Lipinski definition) is 17. The van der Waals surface area contributed by atoms with E-state index < -0.39 is 23.4 Å². The topological polar surface area (TPSA) is 256 Å². The summed E-state index contributed by atoms with van der Waals surface area (Å²) in [6, 6.07) is 16.0. The standard InChI is InChI=1S/C23H22N6O4.C12H14N4.C11H10N2O5/c1-32-17-12-25-22(33-2)19-18(17)15(11-24-19)20(30)23(31)29-9-7-28(8-10-29)21-14-5-3-4-6-16(14)26-13-27-21;1-2-4-11-10(3-1)12(15-9-14-11)16-7-5-13-6-8-16;1-17-6-4-13-10(18-2)8-7(6)5(3-12-8)9(14)11(15)16/h3-6,11-13,24H,7-10H2,1-2H3;1-4,9,13H,5-8H2;3-4,12H,1-2H3,(H,15,16). The predicted molar refractivity (Wildman–Crippen MR) is 248 cm³/mol. The molecular weight excluding hydrogens is 865 g/mol. The van der Waals surface area contributed by atoms with Crippen LogP contribution in [-0.2, 0) is 9.59 Å². The number of hydrogen-bond donors (Lipinski definition) is 4. The monoisotopic (exact) mass is 910 g/mol. The van der Waals surface area contributed by atoms with Crippen LogP contribution in [0.3, 0.4) is 0 Å². The molecule has 0 bridgehead atoms. The number of Topliss-reactive ketones (excluding diaryl/α,β-unsaturated/α-hetero) is 2. The van der Waals surface area contributed by atoms with Crippen LogP contribution in [0.2, 0.25) is 0 Å². The van der Waals surface area contributed by atoms with Crippen molar-refractivity contribution in [2.75, 3.05) is 90.6 Å². The zero-order chi connectivity index (χ0) is 47.0. The second-order valence-electron chi connectivity index (χ2n) is 15.0. The molecular formula is C46H46N12O9. The molecule has 2 fully saturated rings. The lowest BCUT2D eigenvalue weighted by Crippen LogP contribution is -2.51. The van der Waals surface area contributed by atoms with Crippen LogP contribution < -0.4 is 34.1 Å². The number of ether oxygens (including phenoxy) is 4. The number of aromatic amines is 2. The van der Waals surface area contributed by atoms with Gasteiger partial charge in [-0.05, 0) is 24.3 Å². The van der Waals surface area contributed by atoms with Gasteiger partial charge in [-0.3, -0.25) is 14.4 Å². The number of carboxylic acid groups (broad SMARTS) is 1. The van der Waals surface area contributed by atoms with Crippen LogP contribution >= 0.6 is 0 Å². The third-order valence-electron chi connectivity index (χ3n) is 11.3. The fraction of sp³-hybridized carbons (Fsp3) is 0.261. The van der Waals surface area contributed by atoms with Gasteiger partial charge in [0.1, 0.15) is 46.8 Å². The lowest BCUT2D eigenvalue weighted by Gasteiger charge is -2.35. The third-order valence-corrected chi connectivity index (χ3v) is 11.3. The van der Waals surface area contributed by atoms with Gasteiger partial charge in [0, 0.05) is 75.5 Å². The van der Waals surface area contributed by atoms with Crippen LogP contribution in [0.1, 0.15) is 20.7 Å². The van der Waals surface area contributed by atoms with Crippen molar-refractivity contribution in [3.8, 4) is 23.3 Å². The molecule has 6 aromatic heterocycles. The number of methoxy groups -OCH3 is 4.